The topological polar surface area (TPSA) is 55.4 Å². The van der Waals surface area contributed by atoms with Crippen molar-refractivity contribution < 1.29 is 14.3 Å². The first-order valence-electron chi connectivity index (χ1n) is 11.3. The molecule has 1 N–H and O–H groups in total. The van der Waals surface area contributed by atoms with Crippen LogP contribution >= 0.6 is 0 Å². The van der Waals surface area contributed by atoms with E-state index in [9.17, 15) is 9.59 Å². The van der Waals surface area contributed by atoms with E-state index in [1.165, 1.54) is 5.56 Å². The Balaban J connectivity index is 1.77. The van der Waals surface area contributed by atoms with Gasteiger partial charge in [-0.1, -0.05) is 45.0 Å². The van der Waals surface area contributed by atoms with E-state index >= 15 is 0 Å². The molecule has 1 atom stereocenters. The third-order valence-corrected chi connectivity index (χ3v) is 6.76. The normalized spacial score (nSPS) is 24.0. The summed E-state index contributed by atoms with van der Waals surface area (Å²) in [6.07, 6.45) is 6.35. The van der Waals surface area contributed by atoms with Gasteiger partial charge in [0.15, 0.2) is 5.78 Å². The van der Waals surface area contributed by atoms with Crippen molar-refractivity contribution >= 4 is 11.8 Å². The van der Waals surface area contributed by atoms with Crippen molar-refractivity contribution in [3.05, 3.63) is 57.9 Å². The first-order valence-corrected chi connectivity index (χ1v) is 11.3. The van der Waals surface area contributed by atoms with E-state index in [0.29, 0.717) is 12.0 Å². The third-order valence-electron chi connectivity index (χ3n) is 6.76. The lowest BCUT2D eigenvalue weighted by Crippen LogP contribution is -2.39. The van der Waals surface area contributed by atoms with Crippen molar-refractivity contribution in [3.63, 3.8) is 0 Å². The highest BCUT2D eigenvalue weighted by atomic mass is 16.5. The molecule has 160 valence electrons. The molecule has 1 fully saturated rings. The lowest BCUT2D eigenvalue weighted by Gasteiger charge is -2.39. The fourth-order valence-electron chi connectivity index (χ4n) is 5.21. The summed E-state index contributed by atoms with van der Waals surface area (Å²) in [5, 5.41) is 3.42. The number of benzene rings is 1. The molecule has 0 aromatic heterocycles. The van der Waals surface area contributed by atoms with Crippen LogP contribution < -0.4 is 5.32 Å². The van der Waals surface area contributed by atoms with Crippen LogP contribution in [-0.4, -0.2) is 17.9 Å². The summed E-state index contributed by atoms with van der Waals surface area (Å²) >= 11 is 0. The minimum Gasteiger partial charge on any atom is -0.459 e. The van der Waals surface area contributed by atoms with E-state index < -0.39 is 0 Å². The molecule has 0 radical (unpaired) electrons. The summed E-state index contributed by atoms with van der Waals surface area (Å²) in [6, 6.07) is 8.35. The van der Waals surface area contributed by atoms with Crippen LogP contribution in [-0.2, 0) is 20.7 Å². The fourth-order valence-corrected chi connectivity index (χ4v) is 5.21. The van der Waals surface area contributed by atoms with Crippen LogP contribution in [0.25, 0.3) is 0 Å². The van der Waals surface area contributed by atoms with Crippen molar-refractivity contribution in [1.82, 2.24) is 5.32 Å². The number of carbonyl (C=O) groups excluding carboxylic acids is 2. The van der Waals surface area contributed by atoms with E-state index in [4.69, 9.17) is 4.74 Å². The Hall–Kier alpha value is -2.36. The minimum absolute atomic E-state index is 0.00251. The Labute approximate surface area is 179 Å². The van der Waals surface area contributed by atoms with Crippen LogP contribution in [0.1, 0.15) is 83.3 Å². The van der Waals surface area contributed by atoms with Gasteiger partial charge in [0.2, 0.25) is 0 Å². The molecular formula is C26H33NO3. The zero-order valence-electron chi connectivity index (χ0n) is 18.6. The second-order valence-electron chi connectivity index (χ2n) is 9.84. The summed E-state index contributed by atoms with van der Waals surface area (Å²) in [4.78, 5) is 26.6. The van der Waals surface area contributed by atoms with Crippen LogP contribution in [0.5, 0.6) is 0 Å². The lowest BCUT2D eigenvalue weighted by molar-refractivity contribution is -0.144. The number of carbonyl (C=O) groups is 2. The average Bonchev–Trinajstić information content (AvgIpc) is 3.18. The van der Waals surface area contributed by atoms with Crippen LogP contribution in [0, 0.1) is 5.41 Å². The Morgan fingerprint density at radius 2 is 1.80 bits per heavy atom. The number of nitrogens with one attached hydrogen (secondary N) is 1. The number of Topliss-reactive ketones (excluding diaryl/α,β-unsaturated/α-hetero) is 1. The zero-order chi connectivity index (χ0) is 21.5. The number of ether oxygens (including phenoxy) is 1. The van der Waals surface area contributed by atoms with Crippen molar-refractivity contribution in [2.75, 3.05) is 0 Å². The van der Waals surface area contributed by atoms with Crippen LogP contribution in [0.3, 0.4) is 0 Å². The number of rotatable bonds is 4. The Kier molecular flexibility index (Phi) is 5.61. The molecule has 1 unspecified atom stereocenters. The molecule has 0 bridgehead atoms. The molecule has 0 saturated heterocycles. The largest absolute Gasteiger partial charge is 0.459 e. The van der Waals surface area contributed by atoms with Gasteiger partial charge in [-0.2, -0.15) is 0 Å². The van der Waals surface area contributed by atoms with Crippen molar-refractivity contribution in [3.8, 4) is 0 Å². The molecule has 4 nitrogen and oxygen atoms in total. The molecule has 0 amide bonds. The van der Waals surface area contributed by atoms with E-state index in [1.807, 2.05) is 6.92 Å². The average molecular weight is 408 g/mol. The number of allylic oxidation sites excluding steroid dienone is 3. The highest BCUT2D eigenvalue weighted by Gasteiger charge is 2.43. The van der Waals surface area contributed by atoms with Crippen LogP contribution in [0.15, 0.2) is 46.8 Å². The quantitative estimate of drug-likeness (QED) is 0.685. The maximum absolute atomic E-state index is 13.3. The maximum atomic E-state index is 13.3. The number of dihydropyridines is 1. The van der Waals surface area contributed by atoms with E-state index in [1.54, 1.807) is 0 Å². The molecule has 1 aromatic carbocycles. The van der Waals surface area contributed by atoms with Crippen molar-refractivity contribution in [2.45, 2.75) is 84.7 Å². The molecule has 4 heteroatoms. The highest BCUT2D eigenvalue weighted by molar-refractivity contribution is 6.04. The molecule has 1 aliphatic heterocycles. The molecule has 4 rings (SSSR count). The first kappa shape index (κ1) is 20.9. The van der Waals surface area contributed by atoms with E-state index in [-0.39, 0.29) is 29.2 Å². The fraction of sp³-hybridized carbons (Fsp3) is 0.538. The smallest absolute Gasteiger partial charge is 0.337 e. The minimum atomic E-state index is -0.357. The van der Waals surface area contributed by atoms with E-state index in [0.717, 1.165) is 61.1 Å². The molecule has 30 heavy (non-hydrogen) atoms. The van der Waals surface area contributed by atoms with E-state index in [2.05, 4.69) is 50.4 Å². The molecule has 1 heterocycles. The number of ketones is 1. The second kappa shape index (κ2) is 8.05. The van der Waals surface area contributed by atoms with Gasteiger partial charge < -0.3 is 10.1 Å². The maximum Gasteiger partial charge on any atom is 0.337 e. The monoisotopic (exact) mass is 407 g/mol. The summed E-state index contributed by atoms with van der Waals surface area (Å²) in [5.74, 6) is -0.498. The Morgan fingerprint density at radius 3 is 2.43 bits per heavy atom. The Morgan fingerprint density at radius 1 is 1.13 bits per heavy atom. The molecular weight excluding hydrogens is 374 g/mol. The Bertz CT molecular complexity index is 914. The van der Waals surface area contributed by atoms with Gasteiger partial charge in [-0.3, -0.25) is 4.79 Å². The van der Waals surface area contributed by atoms with Gasteiger partial charge in [-0.15, -0.1) is 0 Å². The molecule has 3 aliphatic rings. The predicted molar refractivity (Wildman–Crippen MR) is 118 cm³/mol. The van der Waals surface area contributed by atoms with Gasteiger partial charge >= 0.3 is 5.97 Å². The lowest BCUT2D eigenvalue weighted by atomic mass is 9.68. The van der Waals surface area contributed by atoms with Crippen LogP contribution in [0.2, 0.25) is 0 Å². The summed E-state index contributed by atoms with van der Waals surface area (Å²) in [6.45, 7) is 8.32. The predicted octanol–water partition coefficient (Wildman–Crippen LogP) is 5.34. The van der Waals surface area contributed by atoms with Gasteiger partial charge in [-0.05, 0) is 62.0 Å². The second-order valence-corrected chi connectivity index (χ2v) is 9.84. The number of hydrogen-bond acceptors (Lipinski definition) is 4. The molecule has 0 spiro atoms. The van der Waals surface area contributed by atoms with Gasteiger partial charge in [0.05, 0.1) is 5.57 Å². The molecule has 1 aromatic rings. The van der Waals surface area contributed by atoms with Crippen LogP contribution in [0.4, 0.5) is 0 Å². The standard InChI is InChI=1S/C26H33NO3/c1-5-17-10-12-18(13-11-17)23-22(25(29)30-19-8-6-7-9-19)16(2)27-20-14-26(3,4)15-21(28)24(20)23/h10-13,19,23,27H,5-9,14-15H2,1-4H3. The van der Waals surface area contributed by atoms with Gasteiger partial charge in [0.25, 0.3) is 0 Å². The van der Waals surface area contributed by atoms with Crippen molar-refractivity contribution in [1.29, 1.82) is 0 Å². The molecule has 2 aliphatic carbocycles. The zero-order valence-corrected chi connectivity index (χ0v) is 18.6. The summed E-state index contributed by atoms with van der Waals surface area (Å²) < 4.78 is 5.90. The van der Waals surface area contributed by atoms with Crippen molar-refractivity contribution in [2.24, 2.45) is 5.41 Å². The van der Waals surface area contributed by atoms with Gasteiger partial charge in [-0.25, -0.2) is 4.79 Å². The SMILES string of the molecule is CCc1ccc(C2C(C(=O)OC3CCCC3)=C(C)NC3=C2C(=O)CC(C)(C)C3)cc1. The van der Waals surface area contributed by atoms with Gasteiger partial charge in [0, 0.05) is 29.3 Å². The first-order chi connectivity index (χ1) is 14.3. The number of aryl methyl sites for hydroxylation is 1. The highest BCUT2D eigenvalue weighted by Crippen LogP contribution is 2.47. The number of esters is 1. The summed E-state index contributed by atoms with van der Waals surface area (Å²) in [5.41, 5.74) is 5.28. The molecule has 1 saturated carbocycles. The number of hydrogen-bond donors (Lipinski definition) is 1. The summed E-state index contributed by atoms with van der Waals surface area (Å²) in [7, 11) is 0. The third kappa shape index (κ3) is 3.97. The van der Waals surface area contributed by atoms with Gasteiger partial charge in [0.1, 0.15) is 6.10 Å².